The van der Waals surface area contributed by atoms with Gasteiger partial charge in [-0.25, -0.2) is 14.0 Å². The Balaban J connectivity index is 2.03. The van der Waals surface area contributed by atoms with Crippen LogP contribution in [0.3, 0.4) is 0 Å². The fraction of sp³-hybridized carbons (Fsp3) is 0.429. The summed E-state index contributed by atoms with van der Waals surface area (Å²) in [6.45, 7) is 1.91. The standard InChI is InChI=1S/C14H17FN2O3/c1-8(9-3-2-4-9)16-14(20)17-12-7-10(15)5-6-11(12)13(18)19/h5-9H,2-4H2,1H3,(H,18,19)(H2,16,17,20). The van der Waals surface area contributed by atoms with E-state index in [9.17, 15) is 14.0 Å². The lowest BCUT2D eigenvalue weighted by Crippen LogP contribution is -2.42. The average Bonchev–Trinajstić information content (AvgIpc) is 2.25. The zero-order valence-corrected chi connectivity index (χ0v) is 11.1. The number of nitrogens with one attached hydrogen (secondary N) is 2. The van der Waals surface area contributed by atoms with Crippen LogP contribution in [0.2, 0.25) is 0 Å². The topological polar surface area (TPSA) is 78.4 Å². The van der Waals surface area contributed by atoms with E-state index in [1.165, 1.54) is 6.42 Å². The van der Waals surface area contributed by atoms with Gasteiger partial charge in [0.25, 0.3) is 0 Å². The Morgan fingerprint density at radius 2 is 2.10 bits per heavy atom. The van der Waals surface area contributed by atoms with Crippen molar-refractivity contribution in [2.45, 2.75) is 32.2 Å². The molecule has 0 spiro atoms. The van der Waals surface area contributed by atoms with Crippen LogP contribution in [0.4, 0.5) is 14.9 Å². The molecule has 6 heteroatoms. The quantitative estimate of drug-likeness (QED) is 0.793. The summed E-state index contributed by atoms with van der Waals surface area (Å²) >= 11 is 0. The van der Waals surface area contributed by atoms with E-state index < -0.39 is 17.8 Å². The summed E-state index contributed by atoms with van der Waals surface area (Å²) in [5, 5.41) is 14.1. The van der Waals surface area contributed by atoms with Gasteiger partial charge in [-0.2, -0.15) is 0 Å². The van der Waals surface area contributed by atoms with Gasteiger partial charge in [-0.15, -0.1) is 0 Å². The van der Waals surface area contributed by atoms with Gasteiger partial charge in [0.2, 0.25) is 0 Å². The number of anilines is 1. The molecule has 1 atom stereocenters. The molecule has 0 bridgehead atoms. The lowest BCUT2D eigenvalue weighted by atomic mass is 9.80. The van der Waals surface area contributed by atoms with Gasteiger partial charge >= 0.3 is 12.0 Å². The van der Waals surface area contributed by atoms with Gasteiger partial charge in [-0.1, -0.05) is 6.42 Å². The number of halogens is 1. The molecule has 0 heterocycles. The molecule has 1 aliphatic rings. The van der Waals surface area contributed by atoms with Gasteiger partial charge in [0.15, 0.2) is 0 Å². The van der Waals surface area contributed by atoms with Gasteiger partial charge in [-0.05, 0) is 43.9 Å². The molecule has 0 aliphatic heterocycles. The van der Waals surface area contributed by atoms with Crippen LogP contribution < -0.4 is 10.6 Å². The SMILES string of the molecule is CC(NC(=O)Nc1cc(F)ccc1C(=O)O)C1CCC1. The van der Waals surface area contributed by atoms with Crippen molar-refractivity contribution in [3.05, 3.63) is 29.6 Å². The van der Waals surface area contributed by atoms with Crippen LogP contribution >= 0.6 is 0 Å². The van der Waals surface area contributed by atoms with Gasteiger partial charge < -0.3 is 15.7 Å². The predicted molar refractivity (Wildman–Crippen MR) is 72.3 cm³/mol. The predicted octanol–water partition coefficient (Wildman–Crippen LogP) is 2.83. The minimum absolute atomic E-state index is 0.0191. The maximum absolute atomic E-state index is 13.2. The average molecular weight is 280 g/mol. The minimum Gasteiger partial charge on any atom is -0.478 e. The van der Waals surface area contributed by atoms with Crippen molar-refractivity contribution >= 4 is 17.7 Å². The molecule has 1 aliphatic carbocycles. The number of urea groups is 1. The van der Waals surface area contributed by atoms with Crippen LogP contribution in [0.5, 0.6) is 0 Å². The van der Waals surface area contributed by atoms with E-state index >= 15 is 0 Å². The van der Waals surface area contributed by atoms with E-state index in [1.54, 1.807) is 0 Å². The van der Waals surface area contributed by atoms with E-state index in [-0.39, 0.29) is 17.3 Å². The third-order valence-corrected chi connectivity index (χ3v) is 3.68. The number of carbonyl (C=O) groups is 2. The van der Waals surface area contributed by atoms with Crippen LogP contribution in [0.25, 0.3) is 0 Å². The first-order chi connectivity index (χ1) is 9.47. The molecule has 1 saturated carbocycles. The summed E-state index contributed by atoms with van der Waals surface area (Å²) in [4.78, 5) is 22.8. The maximum atomic E-state index is 13.2. The highest BCUT2D eigenvalue weighted by atomic mass is 19.1. The van der Waals surface area contributed by atoms with Crippen LogP contribution in [0, 0.1) is 11.7 Å². The second kappa shape index (κ2) is 5.90. The maximum Gasteiger partial charge on any atom is 0.337 e. The molecule has 1 fully saturated rings. The molecule has 0 saturated heterocycles. The second-order valence-corrected chi connectivity index (χ2v) is 5.07. The molecule has 1 unspecified atom stereocenters. The summed E-state index contributed by atoms with van der Waals surface area (Å²) in [7, 11) is 0. The fourth-order valence-electron chi connectivity index (χ4n) is 2.23. The van der Waals surface area contributed by atoms with Crippen LogP contribution in [0.1, 0.15) is 36.5 Å². The van der Waals surface area contributed by atoms with Crippen molar-refractivity contribution in [3.8, 4) is 0 Å². The number of hydrogen-bond donors (Lipinski definition) is 3. The van der Waals surface area contributed by atoms with Gasteiger partial charge in [0.1, 0.15) is 5.82 Å². The summed E-state index contributed by atoms with van der Waals surface area (Å²) in [5.41, 5.74) is -0.186. The molecule has 0 aromatic heterocycles. The number of carboxylic acids is 1. The third-order valence-electron chi connectivity index (χ3n) is 3.68. The van der Waals surface area contributed by atoms with E-state index in [4.69, 9.17) is 5.11 Å². The minimum atomic E-state index is -1.22. The number of rotatable bonds is 4. The lowest BCUT2D eigenvalue weighted by molar-refractivity contribution is 0.0698. The first kappa shape index (κ1) is 14.3. The number of carbonyl (C=O) groups excluding carboxylic acids is 1. The molecule has 2 rings (SSSR count). The Morgan fingerprint density at radius 3 is 2.65 bits per heavy atom. The molecule has 20 heavy (non-hydrogen) atoms. The first-order valence-electron chi connectivity index (χ1n) is 6.57. The number of aromatic carboxylic acids is 1. The molecular formula is C14H17FN2O3. The van der Waals surface area contributed by atoms with E-state index in [2.05, 4.69) is 10.6 Å². The Kier molecular flexibility index (Phi) is 4.22. The molecular weight excluding hydrogens is 263 g/mol. The normalized spacial score (nSPS) is 16.1. The van der Waals surface area contributed by atoms with Crippen molar-refractivity contribution in [1.29, 1.82) is 0 Å². The van der Waals surface area contributed by atoms with Crippen molar-refractivity contribution < 1.29 is 19.1 Å². The summed E-state index contributed by atoms with van der Waals surface area (Å²) in [6.07, 6.45) is 3.34. The zero-order chi connectivity index (χ0) is 14.7. The highest BCUT2D eigenvalue weighted by Gasteiger charge is 2.25. The van der Waals surface area contributed by atoms with Crippen molar-refractivity contribution in [2.24, 2.45) is 5.92 Å². The highest BCUT2D eigenvalue weighted by molar-refractivity contribution is 6.00. The summed E-state index contributed by atoms with van der Waals surface area (Å²) in [5.74, 6) is -1.35. The second-order valence-electron chi connectivity index (χ2n) is 5.07. The Hall–Kier alpha value is -2.11. The molecule has 1 aromatic rings. The number of amides is 2. The molecule has 2 amide bonds. The number of benzene rings is 1. The zero-order valence-electron chi connectivity index (χ0n) is 11.1. The molecule has 5 nitrogen and oxygen atoms in total. The lowest BCUT2D eigenvalue weighted by Gasteiger charge is -2.31. The Morgan fingerprint density at radius 1 is 1.40 bits per heavy atom. The van der Waals surface area contributed by atoms with E-state index in [0.29, 0.717) is 5.92 Å². The van der Waals surface area contributed by atoms with Gasteiger partial charge in [0.05, 0.1) is 11.3 Å². The van der Waals surface area contributed by atoms with Crippen LogP contribution in [-0.4, -0.2) is 23.1 Å². The Labute approximate surface area is 116 Å². The Bertz CT molecular complexity index is 529. The number of hydrogen-bond acceptors (Lipinski definition) is 2. The van der Waals surface area contributed by atoms with Gasteiger partial charge in [0, 0.05) is 6.04 Å². The number of carboxylic acid groups (broad SMARTS) is 1. The largest absolute Gasteiger partial charge is 0.478 e. The molecule has 1 aromatic carbocycles. The first-order valence-corrected chi connectivity index (χ1v) is 6.57. The van der Waals surface area contributed by atoms with Crippen LogP contribution in [0.15, 0.2) is 18.2 Å². The molecule has 108 valence electrons. The van der Waals surface area contributed by atoms with Crippen molar-refractivity contribution in [2.75, 3.05) is 5.32 Å². The molecule has 0 radical (unpaired) electrons. The smallest absolute Gasteiger partial charge is 0.337 e. The van der Waals surface area contributed by atoms with Crippen LogP contribution in [-0.2, 0) is 0 Å². The highest BCUT2D eigenvalue weighted by Crippen LogP contribution is 2.29. The monoisotopic (exact) mass is 280 g/mol. The molecule has 3 N–H and O–H groups in total. The summed E-state index contributed by atoms with van der Waals surface area (Å²) < 4.78 is 13.2. The van der Waals surface area contributed by atoms with E-state index in [0.717, 1.165) is 31.0 Å². The van der Waals surface area contributed by atoms with Crippen molar-refractivity contribution in [3.63, 3.8) is 0 Å². The fourth-order valence-corrected chi connectivity index (χ4v) is 2.23. The van der Waals surface area contributed by atoms with E-state index in [1.807, 2.05) is 6.92 Å². The third kappa shape index (κ3) is 3.26. The van der Waals surface area contributed by atoms with Gasteiger partial charge in [-0.3, -0.25) is 0 Å². The van der Waals surface area contributed by atoms with Crippen molar-refractivity contribution in [1.82, 2.24) is 5.32 Å². The summed E-state index contributed by atoms with van der Waals surface area (Å²) in [6, 6.07) is 2.67.